The lowest BCUT2D eigenvalue weighted by atomic mass is 9.89. The Morgan fingerprint density at radius 2 is 0.481 bits per heavy atom. The monoisotopic (exact) mass is 688 g/mol. The molecule has 0 spiro atoms. The summed E-state index contributed by atoms with van der Waals surface area (Å²) in [5.74, 6) is 0. The van der Waals surface area contributed by atoms with Crippen LogP contribution in [0.4, 0.5) is 34.1 Å². The Morgan fingerprint density at radius 1 is 0.204 bits per heavy atom. The molecule has 0 amide bonds. The molecule has 254 valence electrons. The van der Waals surface area contributed by atoms with E-state index in [9.17, 15) is 0 Å². The number of hydrogen-bond donors (Lipinski definition) is 0. The first-order valence-electron chi connectivity index (χ1n) is 18.5. The van der Waals surface area contributed by atoms with Crippen LogP contribution < -0.4 is 9.80 Å². The highest BCUT2D eigenvalue weighted by molar-refractivity contribution is 6.24. The third kappa shape index (κ3) is 5.71. The first-order valence-corrected chi connectivity index (χ1v) is 18.5. The van der Waals surface area contributed by atoms with Crippen LogP contribution in [-0.2, 0) is 0 Å². The minimum Gasteiger partial charge on any atom is -0.310 e. The predicted molar refractivity (Wildman–Crippen MR) is 230 cm³/mol. The average molecular weight is 689 g/mol. The maximum Gasteiger partial charge on any atom is 0.0467 e. The quantitative estimate of drug-likeness (QED) is 0.147. The van der Waals surface area contributed by atoms with Gasteiger partial charge in [-0.15, -0.1) is 0 Å². The molecule has 0 radical (unpaired) electrons. The molecule has 0 N–H and O–H groups in total. The van der Waals surface area contributed by atoms with Crippen LogP contribution in [0.1, 0.15) is 0 Å². The molecule has 10 aromatic carbocycles. The fourth-order valence-electron chi connectivity index (χ4n) is 8.02. The molecule has 54 heavy (non-hydrogen) atoms. The largest absolute Gasteiger partial charge is 0.310 e. The third-order valence-electron chi connectivity index (χ3n) is 10.5. The van der Waals surface area contributed by atoms with Gasteiger partial charge in [-0.1, -0.05) is 121 Å². The van der Waals surface area contributed by atoms with Crippen molar-refractivity contribution >= 4 is 66.4 Å². The van der Waals surface area contributed by atoms with Gasteiger partial charge in [0.2, 0.25) is 0 Å². The molecule has 0 aromatic heterocycles. The van der Waals surface area contributed by atoms with Crippen LogP contribution in [0.25, 0.3) is 54.6 Å². The molecule has 10 rings (SSSR count). The molecule has 0 saturated carbocycles. The Kier molecular flexibility index (Phi) is 7.85. The Morgan fingerprint density at radius 3 is 0.778 bits per heavy atom. The summed E-state index contributed by atoms with van der Waals surface area (Å²) in [6, 6.07) is 78.8. The number of hydrogen-bond acceptors (Lipinski definition) is 2. The lowest BCUT2D eigenvalue weighted by Gasteiger charge is -2.26. The normalized spacial score (nSPS) is 11.3. The summed E-state index contributed by atoms with van der Waals surface area (Å²) in [6.45, 7) is 0. The van der Waals surface area contributed by atoms with Crippen LogP contribution >= 0.6 is 0 Å². The molecule has 0 aliphatic carbocycles. The zero-order valence-corrected chi connectivity index (χ0v) is 29.7. The minimum absolute atomic E-state index is 1.13. The summed E-state index contributed by atoms with van der Waals surface area (Å²) in [6.07, 6.45) is 0. The van der Waals surface area contributed by atoms with Crippen LogP contribution in [-0.4, -0.2) is 0 Å². The molecule has 0 fully saturated rings. The van der Waals surface area contributed by atoms with E-state index >= 15 is 0 Å². The van der Waals surface area contributed by atoms with E-state index in [-0.39, 0.29) is 0 Å². The molecule has 0 aliphatic heterocycles. The second-order valence-electron chi connectivity index (χ2n) is 13.8. The van der Waals surface area contributed by atoms with Crippen molar-refractivity contribution in [1.29, 1.82) is 0 Å². The van der Waals surface area contributed by atoms with Gasteiger partial charge in [0, 0.05) is 34.1 Å². The molecule has 0 heterocycles. The van der Waals surface area contributed by atoms with Crippen molar-refractivity contribution in [2.45, 2.75) is 0 Å². The van der Waals surface area contributed by atoms with Gasteiger partial charge in [0.25, 0.3) is 0 Å². The molecule has 2 nitrogen and oxygen atoms in total. The SMILES string of the molecule is c1ccc(N(c2ccccc2)c2cccc(-c3cc4ccc5cc(-c6cccc(N(c7ccccc7)c7ccccc7)c6)cc6ccc(c3)c4c56)c2)cc1. The second kappa shape index (κ2) is 13.4. The van der Waals surface area contributed by atoms with Crippen molar-refractivity contribution in [3.05, 3.63) is 218 Å². The maximum atomic E-state index is 2.36. The second-order valence-corrected chi connectivity index (χ2v) is 13.8. The van der Waals surface area contributed by atoms with Crippen molar-refractivity contribution in [2.75, 3.05) is 9.80 Å². The van der Waals surface area contributed by atoms with Crippen molar-refractivity contribution < 1.29 is 0 Å². The van der Waals surface area contributed by atoms with E-state index in [2.05, 4.69) is 228 Å². The van der Waals surface area contributed by atoms with Gasteiger partial charge in [0.1, 0.15) is 0 Å². The van der Waals surface area contributed by atoms with E-state index in [1.165, 1.54) is 54.6 Å². The Balaban J connectivity index is 1.04. The number of nitrogens with zero attached hydrogens (tertiary/aromatic N) is 2. The number of anilines is 6. The minimum atomic E-state index is 1.13. The number of rotatable bonds is 8. The summed E-state index contributed by atoms with van der Waals surface area (Å²) in [5, 5.41) is 7.66. The van der Waals surface area contributed by atoms with Gasteiger partial charge in [-0.05, 0) is 152 Å². The first-order chi connectivity index (χ1) is 26.8. The highest BCUT2D eigenvalue weighted by atomic mass is 15.1. The highest BCUT2D eigenvalue weighted by Crippen LogP contribution is 2.42. The van der Waals surface area contributed by atoms with Crippen LogP contribution in [0.2, 0.25) is 0 Å². The molecule has 0 aliphatic rings. The third-order valence-corrected chi connectivity index (χ3v) is 10.5. The van der Waals surface area contributed by atoms with Crippen molar-refractivity contribution in [1.82, 2.24) is 0 Å². The Hall–Kier alpha value is -7.16. The molecular weight excluding hydrogens is 653 g/mol. The standard InChI is InChI=1S/C52H36N2/c1-5-17-45(18-6-1)53(46-19-7-2-8-20-46)49-25-13-15-37(35-49)43-31-39-27-29-41-33-44(34-42-30-28-40(32-43)51(39)52(41)42)38-16-14-26-50(36-38)54(47-21-9-3-10-22-47)48-23-11-4-12-24-48/h1-36H. The fourth-order valence-corrected chi connectivity index (χ4v) is 8.02. The molecule has 0 saturated heterocycles. The van der Waals surface area contributed by atoms with Crippen molar-refractivity contribution in [3.8, 4) is 22.3 Å². The van der Waals surface area contributed by atoms with E-state index < -0.39 is 0 Å². The van der Waals surface area contributed by atoms with Gasteiger partial charge in [0.05, 0.1) is 0 Å². The van der Waals surface area contributed by atoms with E-state index in [4.69, 9.17) is 0 Å². The first kappa shape index (κ1) is 31.6. The molecule has 10 aromatic rings. The van der Waals surface area contributed by atoms with Crippen LogP contribution in [0.3, 0.4) is 0 Å². The van der Waals surface area contributed by atoms with Gasteiger partial charge in [-0.2, -0.15) is 0 Å². The lowest BCUT2D eigenvalue weighted by molar-refractivity contribution is 1.28. The fraction of sp³-hybridized carbons (Fsp3) is 0. The molecule has 0 atom stereocenters. The van der Waals surface area contributed by atoms with Gasteiger partial charge in [-0.3, -0.25) is 0 Å². The lowest BCUT2D eigenvalue weighted by Crippen LogP contribution is -2.09. The molecule has 0 bridgehead atoms. The number of benzene rings is 10. The van der Waals surface area contributed by atoms with E-state index in [0.717, 1.165) is 34.1 Å². The van der Waals surface area contributed by atoms with E-state index in [0.29, 0.717) is 0 Å². The summed E-state index contributed by atoms with van der Waals surface area (Å²) in [5.41, 5.74) is 11.6. The Labute approximate surface area is 315 Å². The van der Waals surface area contributed by atoms with Gasteiger partial charge in [0.15, 0.2) is 0 Å². The molecule has 2 heteroatoms. The summed E-state index contributed by atoms with van der Waals surface area (Å²) < 4.78 is 0. The summed E-state index contributed by atoms with van der Waals surface area (Å²) in [7, 11) is 0. The van der Waals surface area contributed by atoms with Gasteiger partial charge < -0.3 is 9.80 Å². The molecular formula is C52H36N2. The topological polar surface area (TPSA) is 6.48 Å². The zero-order valence-electron chi connectivity index (χ0n) is 29.7. The Bertz CT molecular complexity index is 2520. The van der Waals surface area contributed by atoms with Crippen molar-refractivity contribution in [2.24, 2.45) is 0 Å². The maximum absolute atomic E-state index is 2.36. The van der Waals surface area contributed by atoms with E-state index in [1.54, 1.807) is 0 Å². The average Bonchev–Trinajstić information content (AvgIpc) is 3.24. The van der Waals surface area contributed by atoms with E-state index in [1.807, 2.05) is 0 Å². The van der Waals surface area contributed by atoms with Crippen LogP contribution in [0, 0.1) is 0 Å². The highest BCUT2D eigenvalue weighted by Gasteiger charge is 2.17. The van der Waals surface area contributed by atoms with Gasteiger partial charge >= 0.3 is 0 Å². The summed E-state index contributed by atoms with van der Waals surface area (Å²) >= 11 is 0. The van der Waals surface area contributed by atoms with Crippen molar-refractivity contribution in [3.63, 3.8) is 0 Å². The van der Waals surface area contributed by atoms with Crippen LogP contribution in [0.15, 0.2) is 218 Å². The molecule has 0 unspecified atom stereocenters. The number of para-hydroxylation sites is 4. The smallest absolute Gasteiger partial charge is 0.0467 e. The van der Waals surface area contributed by atoms with Gasteiger partial charge in [-0.25, -0.2) is 0 Å². The predicted octanol–water partition coefficient (Wildman–Crippen LogP) is 14.9. The summed E-state index contributed by atoms with van der Waals surface area (Å²) in [4.78, 5) is 4.64. The zero-order chi connectivity index (χ0) is 35.8. The van der Waals surface area contributed by atoms with Crippen LogP contribution in [0.5, 0.6) is 0 Å².